The minimum Gasteiger partial charge on any atom is -0.347 e. The van der Waals surface area contributed by atoms with Gasteiger partial charge in [0.05, 0.1) is 18.4 Å². The van der Waals surface area contributed by atoms with Crippen LogP contribution >= 0.6 is 0 Å². The first-order valence-corrected chi connectivity index (χ1v) is 9.89. The second-order valence-electron chi connectivity index (χ2n) is 6.86. The van der Waals surface area contributed by atoms with Gasteiger partial charge in [0.25, 0.3) is 17.4 Å². The fraction of sp³-hybridized carbons (Fsp3) is 0.227. The van der Waals surface area contributed by atoms with E-state index < -0.39 is 11.8 Å². The van der Waals surface area contributed by atoms with Crippen molar-refractivity contribution < 1.29 is 14.4 Å². The number of fused-ring (bicyclic) bond motifs is 1. The Morgan fingerprint density at radius 2 is 1.58 bits per heavy atom. The Labute approximate surface area is 178 Å². The minimum absolute atomic E-state index is 0.0251. The van der Waals surface area contributed by atoms with E-state index in [0.29, 0.717) is 23.7 Å². The van der Waals surface area contributed by atoms with E-state index in [4.69, 9.17) is 0 Å². The van der Waals surface area contributed by atoms with Crippen molar-refractivity contribution in [2.75, 3.05) is 6.54 Å². The van der Waals surface area contributed by atoms with Crippen LogP contribution in [0.2, 0.25) is 0 Å². The highest BCUT2D eigenvalue weighted by Gasteiger charge is 2.17. The van der Waals surface area contributed by atoms with Crippen molar-refractivity contribution in [1.82, 2.24) is 25.9 Å². The lowest BCUT2D eigenvalue weighted by atomic mass is 10.1. The van der Waals surface area contributed by atoms with Gasteiger partial charge in [0.1, 0.15) is 0 Å². The lowest BCUT2D eigenvalue weighted by Gasteiger charge is -2.11. The van der Waals surface area contributed by atoms with Crippen LogP contribution in [0.5, 0.6) is 0 Å². The third-order valence-electron chi connectivity index (χ3n) is 4.49. The Balaban J connectivity index is 1.61. The van der Waals surface area contributed by atoms with E-state index in [9.17, 15) is 19.2 Å². The van der Waals surface area contributed by atoms with Crippen LogP contribution in [0.3, 0.4) is 0 Å². The van der Waals surface area contributed by atoms with E-state index in [1.165, 1.54) is 4.68 Å². The van der Waals surface area contributed by atoms with Crippen molar-refractivity contribution in [2.45, 2.75) is 26.3 Å². The molecule has 1 heterocycles. The summed E-state index contributed by atoms with van der Waals surface area (Å²) in [5, 5.41) is 7.42. The topological polar surface area (TPSA) is 122 Å². The molecule has 9 heteroatoms. The summed E-state index contributed by atoms with van der Waals surface area (Å²) in [4.78, 5) is 49.1. The van der Waals surface area contributed by atoms with Gasteiger partial charge in [0.2, 0.25) is 5.91 Å². The Morgan fingerprint density at radius 1 is 0.903 bits per heavy atom. The maximum atomic E-state index is 12.6. The summed E-state index contributed by atoms with van der Waals surface area (Å²) in [7, 11) is 0. The molecule has 0 unspecified atom stereocenters. The molecular formula is C22H23N5O4. The Kier molecular flexibility index (Phi) is 7.10. The molecule has 0 radical (unpaired) electrons. The van der Waals surface area contributed by atoms with E-state index in [-0.39, 0.29) is 30.1 Å². The van der Waals surface area contributed by atoms with E-state index in [1.54, 1.807) is 24.3 Å². The van der Waals surface area contributed by atoms with Crippen LogP contribution in [0.15, 0.2) is 59.4 Å². The summed E-state index contributed by atoms with van der Waals surface area (Å²) in [5.74, 6) is -1.57. The molecule has 0 fully saturated rings. The molecule has 0 aliphatic heterocycles. The highest BCUT2D eigenvalue weighted by Crippen LogP contribution is 2.13. The van der Waals surface area contributed by atoms with Gasteiger partial charge in [-0.1, -0.05) is 55.5 Å². The van der Waals surface area contributed by atoms with Crippen LogP contribution in [0, 0.1) is 0 Å². The molecule has 2 aromatic carbocycles. The van der Waals surface area contributed by atoms with E-state index in [0.717, 1.165) is 5.56 Å². The average molecular weight is 421 g/mol. The quantitative estimate of drug-likeness (QED) is 0.490. The molecular weight excluding hydrogens is 398 g/mol. The van der Waals surface area contributed by atoms with Crippen LogP contribution in [0.1, 0.15) is 29.4 Å². The molecule has 0 atom stereocenters. The number of carbonyl (C=O) groups is 3. The summed E-state index contributed by atoms with van der Waals surface area (Å²) >= 11 is 0. The van der Waals surface area contributed by atoms with Crippen molar-refractivity contribution >= 4 is 28.5 Å². The Morgan fingerprint density at radius 3 is 2.29 bits per heavy atom. The molecule has 3 amide bonds. The zero-order valence-electron chi connectivity index (χ0n) is 17.1. The molecule has 9 nitrogen and oxygen atoms in total. The second-order valence-corrected chi connectivity index (χ2v) is 6.86. The summed E-state index contributed by atoms with van der Waals surface area (Å²) in [6.07, 6.45) is 0.821. The smallest absolute Gasteiger partial charge is 0.290 e. The van der Waals surface area contributed by atoms with E-state index in [2.05, 4.69) is 21.3 Å². The number of rotatable bonds is 7. The molecule has 31 heavy (non-hydrogen) atoms. The lowest BCUT2D eigenvalue weighted by molar-refractivity contribution is -0.126. The molecule has 0 saturated heterocycles. The van der Waals surface area contributed by atoms with Crippen molar-refractivity contribution in [3.05, 3.63) is 76.2 Å². The van der Waals surface area contributed by atoms with Crippen LogP contribution in [-0.4, -0.2) is 34.0 Å². The Hall–Kier alpha value is -4.01. The fourth-order valence-corrected chi connectivity index (χ4v) is 3.02. The summed E-state index contributed by atoms with van der Waals surface area (Å²) in [6.45, 7) is 1.97. The van der Waals surface area contributed by atoms with Crippen LogP contribution < -0.4 is 21.7 Å². The number of amides is 3. The fourth-order valence-electron chi connectivity index (χ4n) is 3.02. The number of hydrogen-bond donors (Lipinski definition) is 3. The van der Waals surface area contributed by atoms with Crippen LogP contribution in [0.4, 0.5) is 0 Å². The first-order valence-electron chi connectivity index (χ1n) is 9.89. The molecule has 0 aliphatic carbocycles. The number of carbonyl (C=O) groups excluding carboxylic acids is 3. The predicted octanol–water partition coefficient (Wildman–Crippen LogP) is 0.926. The maximum Gasteiger partial charge on any atom is 0.290 e. The third-order valence-corrected chi connectivity index (χ3v) is 4.49. The molecule has 0 spiro atoms. The molecule has 3 aromatic rings. The third kappa shape index (κ3) is 5.53. The van der Waals surface area contributed by atoms with Gasteiger partial charge in [0, 0.05) is 11.9 Å². The van der Waals surface area contributed by atoms with Gasteiger partial charge >= 0.3 is 0 Å². The normalized spacial score (nSPS) is 10.5. The predicted molar refractivity (Wildman–Crippen MR) is 115 cm³/mol. The monoisotopic (exact) mass is 421 g/mol. The lowest BCUT2D eigenvalue weighted by Crippen LogP contribution is -2.47. The van der Waals surface area contributed by atoms with Crippen LogP contribution in [0.25, 0.3) is 10.8 Å². The zero-order valence-corrected chi connectivity index (χ0v) is 17.1. The number of aryl methyl sites for hydroxylation is 1. The number of nitrogens with zero attached hydrogens (tertiary/aromatic N) is 2. The van der Waals surface area contributed by atoms with E-state index >= 15 is 0 Å². The number of hydrogen-bond acceptors (Lipinski definition) is 5. The molecule has 0 bridgehead atoms. The summed E-state index contributed by atoms with van der Waals surface area (Å²) in [6, 6.07) is 15.8. The first kappa shape index (κ1) is 21.7. The maximum absolute atomic E-state index is 12.6. The first-order chi connectivity index (χ1) is 15.0. The zero-order chi connectivity index (χ0) is 22.2. The molecule has 160 valence electrons. The minimum atomic E-state index is -0.662. The Bertz CT molecular complexity index is 1160. The molecule has 3 N–H and O–H groups in total. The van der Waals surface area contributed by atoms with Gasteiger partial charge in [-0.05, 0) is 18.1 Å². The standard InChI is InChI=1S/C22H23N5O4/c1-2-12-27-22(31)17-11-7-6-10-16(17)20(26-27)21(30)25-24-19(29)14-23-18(28)13-15-8-4-3-5-9-15/h3-11H,2,12-14H2,1H3,(H,23,28)(H,24,29)(H,25,30). The van der Waals surface area contributed by atoms with Crippen molar-refractivity contribution in [1.29, 1.82) is 0 Å². The molecule has 1 aromatic heterocycles. The highest BCUT2D eigenvalue weighted by atomic mass is 16.2. The molecule has 0 saturated carbocycles. The largest absolute Gasteiger partial charge is 0.347 e. The summed E-state index contributed by atoms with van der Waals surface area (Å²) in [5.41, 5.74) is 5.11. The number of hydrazine groups is 1. The van der Waals surface area contributed by atoms with Gasteiger partial charge in [-0.25, -0.2) is 4.68 Å². The number of nitrogens with one attached hydrogen (secondary N) is 3. The van der Waals surface area contributed by atoms with Gasteiger partial charge < -0.3 is 5.32 Å². The second kappa shape index (κ2) is 10.1. The van der Waals surface area contributed by atoms with Crippen molar-refractivity contribution in [2.24, 2.45) is 0 Å². The average Bonchev–Trinajstić information content (AvgIpc) is 2.79. The van der Waals surface area contributed by atoms with Gasteiger partial charge in [-0.3, -0.25) is 30.0 Å². The highest BCUT2D eigenvalue weighted by molar-refractivity contribution is 6.05. The number of aromatic nitrogens is 2. The van der Waals surface area contributed by atoms with Gasteiger partial charge in [0.15, 0.2) is 5.69 Å². The van der Waals surface area contributed by atoms with Crippen molar-refractivity contribution in [3.63, 3.8) is 0 Å². The van der Waals surface area contributed by atoms with Gasteiger partial charge in [-0.2, -0.15) is 5.10 Å². The van der Waals surface area contributed by atoms with Gasteiger partial charge in [-0.15, -0.1) is 0 Å². The van der Waals surface area contributed by atoms with Crippen LogP contribution in [-0.2, 0) is 22.6 Å². The number of benzene rings is 2. The molecule has 0 aliphatic rings. The SMILES string of the molecule is CCCn1nc(C(=O)NNC(=O)CNC(=O)Cc2ccccc2)c2ccccc2c1=O. The van der Waals surface area contributed by atoms with E-state index in [1.807, 2.05) is 37.3 Å². The molecule has 3 rings (SSSR count). The summed E-state index contributed by atoms with van der Waals surface area (Å²) < 4.78 is 1.24. The van der Waals surface area contributed by atoms with Crippen molar-refractivity contribution in [3.8, 4) is 0 Å².